The number of aryl methyl sites for hydroxylation is 1. The van der Waals surface area contributed by atoms with Crippen molar-refractivity contribution in [3.05, 3.63) is 78.4 Å². The van der Waals surface area contributed by atoms with Crippen molar-refractivity contribution in [2.24, 2.45) is 0 Å². The minimum Gasteiger partial charge on any atom is -0.487 e. The lowest BCUT2D eigenvalue weighted by Gasteiger charge is -2.16. The molecule has 0 amide bonds. The molecule has 4 rings (SSSR count). The molecule has 8 heteroatoms. The molecule has 2 N–H and O–H groups in total. The SMILES string of the molecule is Cc1cc(Nc2ncnc3cccc(O[C@H](C)C(=O)O)c23)ccc1OCc1ccccn1. The fourth-order valence-electron chi connectivity index (χ4n) is 3.17. The lowest BCUT2D eigenvalue weighted by molar-refractivity contribution is -0.144. The summed E-state index contributed by atoms with van der Waals surface area (Å²) < 4.78 is 11.5. The summed E-state index contributed by atoms with van der Waals surface area (Å²) in [6, 6.07) is 16.7. The summed E-state index contributed by atoms with van der Waals surface area (Å²) in [7, 11) is 0. The van der Waals surface area contributed by atoms with Crippen LogP contribution in [0.4, 0.5) is 11.5 Å². The van der Waals surface area contributed by atoms with Gasteiger partial charge in [0, 0.05) is 11.9 Å². The molecule has 0 aliphatic rings. The monoisotopic (exact) mass is 430 g/mol. The average molecular weight is 430 g/mol. The third-order valence-electron chi connectivity index (χ3n) is 4.82. The molecule has 0 spiro atoms. The number of aromatic nitrogens is 3. The number of nitrogens with one attached hydrogen (secondary N) is 1. The summed E-state index contributed by atoms with van der Waals surface area (Å²) in [4.78, 5) is 24.1. The van der Waals surface area contributed by atoms with Crippen LogP contribution in [0.2, 0.25) is 0 Å². The van der Waals surface area contributed by atoms with Gasteiger partial charge in [0.1, 0.15) is 30.3 Å². The van der Waals surface area contributed by atoms with Crippen LogP contribution in [0.5, 0.6) is 11.5 Å². The molecule has 0 saturated heterocycles. The lowest BCUT2D eigenvalue weighted by atomic mass is 10.1. The van der Waals surface area contributed by atoms with E-state index in [1.54, 1.807) is 18.3 Å². The van der Waals surface area contributed by atoms with Gasteiger partial charge in [0.05, 0.1) is 16.6 Å². The number of carbonyl (C=O) groups is 1. The molecule has 2 aromatic carbocycles. The Morgan fingerprint density at radius 3 is 2.69 bits per heavy atom. The van der Waals surface area contributed by atoms with Crippen molar-refractivity contribution < 1.29 is 19.4 Å². The van der Waals surface area contributed by atoms with Gasteiger partial charge < -0.3 is 19.9 Å². The van der Waals surface area contributed by atoms with E-state index in [1.165, 1.54) is 13.3 Å². The second-order valence-electron chi connectivity index (χ2n) is 7.19. The zero-order valence-electron chi connectivity index (χ0n) is 17.6. The molecule has 2 heterocycles. The lowest BCUT2D eigenvalue weighted by Crippen LogP contribution is -2.23. The molecule has 162 valence electrons. The van der Waals surface area contributed by atoms with Crippen molar-refractivity contribution in [1.29, 1.82) is 0 Å². The van der Waals surface area contributed by atoms with E-state index in [0.29, 0.717) is 29.1 Å². The highest BCUT2D eigenvalue weighted by Crippen LogP contribution is 2.33. The van der Waals surface area contributed by atoms with Crippen molar-refractivity contribution in [3.63, 3.8) is 0 Å². The van der Waals surface area contributed by atoms with E-state index in [-0.39, 0.29) is 0 Å². The van der Waals surface area contributed by atoms with Crippen LogP contribution in [0.25, 0.3) is 10.9 Å². The summed E-state index contributed by atoms with van der Waals surface area (Å²) in [6.45, 7) is 3.82. The van der Waals surface area contributed by atoms with Gasteiger partial charge in [-0.25, -0.2) is 14.8 Å². The molecular weight excluding hydrogens is 408 g/mol. The zero-order chi connectivity index (χ0) is 22.5. The van der Waals surface area contributed by atoms with Crippen molar-refractivity contribution >= 4 is 28.4 Å². The number of benzene rings is 2. The second kappa shape index (κ2) is 9.30. The summed E-state index contributed by atoms with van der Waals surface area (Å²) in [5, 5.41) is 13.1. The predicted octanol–water partition coefficient (Wildman–Crippen LogP) is 4.51. The highest BCUT2D eigenvalue weighted by molar-refractivity contribution is 5.96. The molecule has 4 aromatic rings. The van der Waals surface area contributed by atoms with Crippen LogP contribution in [0.15, 0.2) is 67.1 Å². The number of hydrogen-bond donors (Lipinski definition) is 2. The number of aliphatic carboxylic acids is 1. The van der Waals surface area contributed by atoms with Gasteiger partial charge in [-0.1, -0.05) is 12.1 Å². The van der Waals surface area contributed by atoms with Crippen LogP contribution in [-0.2, 0) is 11.4 Å². The van der Waals surface area contributed by atoms with E-state index < -0.39 is 12.1 Å². The number of nitrogens with zero attached hydrogens (tertiary/aromatic N) is 3. The summed E-state index contributed by atoms with van der Waals surface area (Å²) in [5.41, 5.74) is 3.24. The molecule has 32 heavy (non-hydrogen) atoms. The number of rotatable bonds is 8. The van der Waals surface area contributed by atoms with Crippen LogP contribution >= 0.6 is 0 Å². The Labute approximate surface area is 184 Å². The van der Waals surface area contributed by atoms with Crippen LogP contribution in [0, 0.1) is 6.92 Å². The number of anilines is 2. The third kappa shape index (κ3) is 4.75. The molecule has 0 unspecified atom stereocenters. The number of carboxylic acids is 1. The van der Waals surface area contributed by atoms with Crippen molar-refractivity contribution in [2.45, 2.75) is 26.6 Å². The molecule has 0 saturated carbocycles. The summed E-state index contributed by atoms with van der Waals surface area (Å²) in [6.07, 6.45) is 2.18. The van der Waals surface area contributed by atoms with E-state index in [4.69, 9.17) is 9.47 Å². The predicted molar refractivity (Wildman–Crippen MR) is 120 cm³/mol. The van der Waals surface area contributed by atoms with Crippen LogP contribution in [-0.4, -0.2) is 32.1 Å². The van der Waals surface area contributed by atoms with Gasteiger partial charge >= 0.3 is 5.97 Å². The van der Waals surface area contributed by atoms with Crippen LogP contribution in [0.1, 0.15) is 18.2 Å². The van der Waals surface area contributed by atoms with Gasteiger partial charge in [0.25, 0.3) is 0 Å². The maximum absolute atomic E-state index is 11.2. The Hall–Kier alpha value is -4.20. The quantitative estimate of drug-likeness (QED) is 0.421. The zero-order valence-corrected chi connectivity index (χ0v) is 17.6. The number of carboxylic acid groups (broad SMARTS) is 1. The van der Waals surface area contributed by atoms with E-state index in [0.717, 1.165) is 22.7 Å². The Balaban J connectivity index is 1.58. The minimum absolute atomic E-state index is 0.382. The average Bonchev–Trinajstić information content (AvgIpc) is 2.79. The van der Waals surface area contributed by atoms with Crippen molar-refractivity contribution in [1.82, 2.24) is 15.0 Å². The van der Waals surface area contributed by atoms with Gasteiger partial charge in [0.15, 0.2) is 6.10 Å². The fourth-order valence-corrected chi connectivity index (χ4v) is 3.17. The van der Waals surface area contributed by atoms with E-state index in [2.05, 4.69) is 20.3 Å². The summed E-state index contributed by atoms with van der Waals surface area (Å²) >= 11 is 0. The van der Waals surface area contributed by atoms with Gasteiger partial charge in [-0.3, -0.25) is 4.98 Å². The summed E-state index contributed by atoms with van der Waals surface area (Å²) in [5.74, 6) is 0.621. The Morgan fingerprint density at radius 2 is 1.94 bits per heavy atom. The third-order valence-corrected chi connectivity index (χ3v) is 4.82. The Kier molecular flexibility index (Phi) is 6.12. The van der Waals surface area contributed by atoms with Gasteiger partial charge in [0.2, 0.25) is 0 Å². The first kappa shape index (κ1) is 21.0. The number of pyridine rings is 1. The van der Waals surface area contributed by atoms with Gasteiger partial charge in [-0.2, -0.15) is 0 Å². The maximum Gasteiger partial charge on any atom is 0.344 e. The topological polar surface area (TPSA) is 106 Å². The number of fused-ring (bicyclic) bond motifs is 1. The Morgan fingerprint density at radius 1 is 1.06 bits per heavy atom. The first-order valence-corrected chi connectivity index (χ1v) is 10.0. The minimum atomic E-state index is -1.05. The largest absolute Gasteiger partial charge is 0.487 e. The fraction of sp³-hybridized carbons (Fsp3) is 0.167. The molecule has 2 aromatic heterocycles. The highest BCUT2D eigenvalue weighted by Gasteiger charge is 2.17. The first-order valence-electron chi connectivity index (χ1n) is 10.0. The number of ether oxygens (including phenoxy) is 2. The molecule has 0 bridgehead atoms. The molecule has 1 atom stereocenters. The van der Waals surface area contributed by atoms with Crippen molar-refractivity contribution in [3.8, 4) is 11.5 Å². The van der Waals surface area contributed by atoms with Gasteiger partial charge in [-0.05, 0) is 61.9 Å². The standard InChI is InChI=1S/C24H22N4O4/c1-15-12-17(9-10-20(15)31-13-18-6-3-4-11-25-18)28-23-22-19(26-14-27-23)7-5-8-21(22)32-16(2)24(29)30/h3-12,14,16H,13H2,1-2H3,(H,29,30)(H,26,27,28)/t16-/m1/s1. The van der Waals surface area contributed by atoms with Crippen molar-refractivity contribution in [2.75, 3.05) is 5.32 Å². The van der Waals surface area contributed by atoms with Crippen LogP contribution < -0.4 is 14.8 Å². The van der Waals surface area contributed by atoms with Gasteiger partial charge in [-0.15, -0.1) is 0 Å². The van der Waals surface area contributed by atoms with Crippen LogP contribution in [0.3, 0.4) is 0 Å². The van der Waals surface area contributed by atoms with E-state index >= 15 is 0 Å². The normalized spacial score (nSPS) is 11.7. The smallest absolute Gasteiger partial charge is 0.344 e. The number of hydrogen-bond acceptors (Lipinski definition) is 7. The molecule has 0 aliphatic heterocycles. The molecule has 0 radical (unpaired) electrons. The molecule has 0 fully saturated rings. The Bertz CT molecular complexity index is 1240. The molecule has 0 aliphatic carbocycles. The first-order chi connectivity index (χ1) is 15.5. The highest BCUT2D eigenvalue weighted by atomic mass is 16.5. The maximum atomic E-state index is 11.2. The van der Waals surface area contributed by atoms with E-state index in [9.17, 15) is 9.90 Å². The second-order valence-corrected chi connectivity index (χ2v) is 7.19. The molecule has 8 nitrogen and oxygen atoms in total. The molecular formula is C24H22N4O4. The van der Waals surface area contributed by atoms with E-state index in [1.807, 2.05) is 49.4 Å².